The molecule has 0 saturated carbocycles. The Hall–Kier alpha value is -1.27. The first-order chi connectivity index (χ1) is 9.08. The van der Waals surface area contributed by atoms with Crippen LogP contribution in [0.4, 0.5) is 0 Å². The van der Waals surface area contributed by atoms with Gasteiger partial charge in [0.25, 0.3) is 0 Å². The first kappa shape index (κ1) is 14.1. The molecule has 6 heteroatoms. The minimum Gasteiger partial charge on any atom is -0.481 e. The lowest BCUT2D eigenvalue weighted by atomic mass is 10.2. The topological polar surface area (TPSA) is 63.3 Å². The second-order valence-corrected chi connectivity index (χ2v) is 6.23. The third kappa shape index (κ3) is 3.61. The summed E-state index contributed by atoms with van der Waals surface area (Å²) >= 11 is 3.16. The van der Waals surface area contributed by atoms with E-state index in [4.69, 9.17) is 9.52 Å². The van der Waals surface area contributed by atoms with Crippen molar-refractivity contribution in [2.75, 3.05) is 5.75 Å². The maximum absolute atomic E-state index is 10.7. The van der Waals surface area contributed by atoms with Gasteiger partial charge in [-0.3, -0.25) is 4.79 Å². The molecule has 19 heavy (non-hydrogen) atoms. The third-order valence-electron chi connectivity index (χ3n) is 2.65. The average molecular weight is 297 g/mol. The highest BCUT2D eigenvalue weighted by atomic mass is 32.2. The fraction of sp³-hybridized carbons (Fsp3) is 0.385. The molecular weight excluding hydrogens is 282 g/mol. The van der Waals surface area contributed by atoms with Crippen LogP contribution in [0.25, 0.3) is 10.8 Å². The number of hydrogen-bond acceptors (Lipinski definition) is 5. The van der Waals surface area contributed by atoms with Crippen LogP contribution in [-0.2, 0) is 10.5 Å². The molecule has 0 aliphatic carbocycles. The molecule has 2 aromatic heterocycles. The third-order valence-corrected chi connectivity index (χ3v) is 4.72. The second-order valence-electron chi connectivity index (χ2n) is 4.25. The molecule has 0 aliphatic rings. The highest BCUT2D eigenvalue weighted by Gasteiger charge is 2.14. The maximum Gasteiger partial charge on any atom is 0.307 e. The molecule has 4 nitrogen and oxygen atoms in total. The minimum atomic E-state index is -0.761. The monoisotopic (exact) mass is 297 g/mol. The first-order valence-electron chi connectivity index (χ1n) is 5.88. The SMILES string of the molecule is Cc1oc(-c2cccs2)nc1CSCC(C)C(=O)O. The Morgan fingerprint density at radius 3 is 3.05 bits per heavy atom. The number of aliphatic carboxylic acids is 1. The quantitative estimate of drug-likeness (QED) is 0.881. The Morgan fingerprint density at radius 1 is 1.63 bits per heavy atom. The second kappa shape index (κ2) is 6.25. The van der Waals surface area contributed by atoms with Crippen molar-refractivity contribution in [3.63, 3.8) is 0 Å². The zero-order valence-corrected chi connectivity index (χ0v) is 12.4. The molecule has 0 amide bonds. The van der Waals surface area contributed by atoms with E-state index in [0.29, 0.717) is 17.4 Å². The van der Waals surface area contributed by atoms with Gasteiger partial charge in [0.05, 0.1) is 16.5 Å². The molecule has 2 heterocycles. The minimum absolute atomic E-state index is 0.339. The Labute approximate surface area is 119 Å². The molecule has 102 valence electrons. The Bertz CT molecular complexity index is 548. The number of carboxylic acids is 1. The number of oxazole rings is 1. The molecule has 1 N–H and O–H groups in total. The number of nitrogens with zero attached hydrogens (tertiary/aromatic N) is 1. The number of carbonyl (C=O) groups is 1. The molecular formula is C13H15NO3S2. The van der Waals surface area contributed by atoms with E-state index in [1.54, 1.807) is 30.0 Å². The maximum atomic E-state index is 10.7. The van der Waals surface area contributed by atoms with E-state index in [9.17, 15) is 4.79 Å². The molecule has 0 aromatic carbocycles. The molecule has 2 aromatic rings. The van der Waals surface area contributed by atoms with Gasteiger partial charge in [-0.25, -0.2) is 4.98 Å². The fourth-order valence-electron chi connectivity index (χ4n) is 1.47. The first-order valence-corrected chi connectivity index (χ1v) is 7.92. The van der Waals surface area contributed by atoms with E-state index in [-0.39, 0.29) is 5.92 Å². The lowest BCUT2D eigenvalue weighted by Gasteiger charge is -2.04. The van der Waals surface area contributed by atoms with E-state index in [2.05, 4.69) is 4.98 Å². The van der Waals surface area contributed by atoms with Crippen LogP contribution in [0.15, 0.2) is 21.9 Å². The summed E-state index contributed by atoms with van der Waals surface area (Å²) in [6.45, 7) is 3.60. The number of hydrogen-bond donors (Lipinski definition) is 1. The number of carboxylic acid groups (broad SMARTS) is 1. The van der Waals surface area contributed by atoms with E-state index >= 15 is 0 Å². The van der Waals surface area contributed by atoms with E-state index in [0.717, 1.165) is 16.3 Å². The number of aryl methyl sites for hydroxylation is 1. The van der Waals surface area contributed by atoms with Gasteiger partial charge in [0.2, 0.25) is 5.89 Å². The molecule has 1 unspecified atom stereocenters. The van der Waals surface area contributed by atoms with Crippen LogP contribution in [-0.4, -0.2) is 21.8 Å². The summed E-state index contributed by atoms with van der Waals surface area (Å²) in [5.41, 5.74) is 0.894. The molecule has 1 atom stereocenters. The average Bonchev–Trinajstić information content (AvgIpc) is 2.99. The van der Waals surface area contributed by atoms with E-state index in [1.807, 2.05) is 24.4 Å². The van der Waals surface area contributed by atoms with Gasteiger partial charge in [-0.05, 0) is 18.4 Å². The standard InChI is InChI=1S/C13H15NO3S2/c1-8(13(15)16)6-18-7-10-9(2)17-12(14-10)11-4-3-5-19-11/h3-5,8H,6-7H2,1-2H3,(H,15,16). The molecule has 0 spiro atoms. The van der Waals surface area contributed by atoms with Crippen molar-refractivity contribution < 1.29 is 14.3 Å². The van der Waals surface area contributed by atoms with Crippen LogP contribution in [0.2, 0.25) is 0 Å². The summed E-state index contributed by atoms with van der Waals surface area (Å²) in [6, 6.07) is 3.93. The largest absolute Gasteiger partial charge is 0.481 e. The fourth-order valence-corrected chi connectivity index (χ4v) is 3.20. The van der Waals surface area contributed by atoms with Crippen LogP contribution >= 0.6 is 23.1 Å². The van der Waals surface area contributed by atoms with Crippen molar-refractivity contribution >= 4 is 29.1 Å². The van der Waals surface area contributed by atoms with Crippen LogP contribution in [0.1, 0.15) is 18.4 Å². The predicted molar refractivity (Wildman–Crippen MR) is 77.5 cm³/mol. The number of thiophene rings is 1. The number of rotatable bonds is 6. The summed E-state index contributed by atoms with van der Waals surface area (Å²) in [7, 11) is 0. The van der Waals surface area contributed by atoms with Crippen molar-refractivity contribution in [1.29, 1.82) is 0 Å². The van der Waals surface area contributed by atoms with Gasteiger partial charge in [0.15, 0.2) is 0 Å². The summed E-state index contributed by atoms with van der Waals surface area (Å²) in [5, 5.41) is 10.8. The lowest BCUT2D eigenvalue weighted by molar-refractivity contribution is -0.140. The van der Waals surface area contributed by atoms with Gasteiger partial charge in [-0.15, -0.1) is 11.3 Å². The summed E-state index contributed by atoms with van der Waals surface area (Å²) in [4.78, 5) is 16.2. The van der Waals surface area contributed by atoms with Crippen molar-refractivity contribution in [2.45, 2.75) is 19.6 Å². The van der Waals surface area contributed by atoms with Gasteiger partial charge in [0.1, 0.15) is 5.76 Å². The van der Waals surface area contributed by atoms with Crippen LogP contribution in [0.3, 0.4) is 0 Å². The number of thioether (sulfide) groups is 1. The smallest absolute Gasteiger partial charge is 0.307 e. The van der Waals surface area contributed by atoms with E-state index < -0.39 is 5.97 Å². The van der Waals surface area contributed by atoms with Gasteiger partial charge in [0, 0.05) is 11.5 Å². The molecule has 0 bridgehead atoms. The molecule has 0 aliphatic heterocycles. The molecule has 0 saturated heterocycles. The summed E-state index contributed by atoms with van der Waals surface area (Å²) < 4.78 is 5.63. The van der Waals surface area contributed by atoms with Crippen molar-refractivity contribution in [1.82, 2.24) is 4.98 Å². The normalized spacial score (nSPS) is 12.5. The lowest BCUT2D eigenvalue weighted by Crippen LogP contribution is -2.11. The van der Waals surface area contributed by atoms with Crippen LogP contribution in [0, 0.1) is 12.8 Å². The van der Waals surface area contributed by atoms with Crippen molar-refractivity contribution in [3.05, 3.63) is 29.0 Å². The Morgan fingerprint density at radius 2 is 2.42 bits per heavy atom. The molecule has 2 rings (SSSR count). The number of aromatic nitrogens is 1. The summed E-state index contributed by atoms with van der Waals surface area (Å²) in [5.74, 6) is 1.61. The highest BCUT2D eigenvalue weighted by molar-refractivity contribution is 7.98. The Balaban J connectivity index is 1.96. The van der Waals surface area contributed by atoms with Gasteiger partial charge in [-0.1, -0.05) is 13.0 Å². The zero-order valence-electron chi connectivity index (χ0n) is 10.8. The van der Waals surface area contributed by atoms with Crippen molar-refractivity contribution in [2.24, 2.45) is 5.92 Å². The van der Waals surface area contributed by atoms with Crippen molar-refractivity contribution in [3.8, 4) is 10.8 Å². The highest BCUT2D eigenvalue weighted by Crippen LogP contribution is 2.27. The van der Waals surface area contributed by atoms with E-state index in [1.165, 1.54) is 0 Å². The molecule has 0 radical (unpaired) electrons. The van der Waals surface area contributed by atoms with Gasteiger partial charge >= 0.3 is 5.97 Å². The van der Waals surface area contributed by atoms with Crippen LogP contribution in [0.5, 0.6) is 0 Å². The predicted octanol–water partition coefficient (Wildman–Crippen LogP) is 3.67. The summed E-state index contributed by atoms with van der Waals surface area (Å²) in [6.07, 6.45) is 0. The zero-order chi connectivity index (χ0) is 13.8. The molecule has 0 fully saturated rings. The van der Waals surface area contributed by atoms with Gasteiger partial charge in [-0.2, -0.15) is 11.8 Å². The van der Waals surface area contributed by atoms with Crippen LogP contribution < -0.4 is 0 Å². The Kier molecular flexibility index (Phi) is 4.66. The van der Waals surface area contributed by atoms with Gasteiger partial charge < -0.3 is 9.52 Å².